The van der Waals surface area contributed by atoms with Crippen molar-refractivity contribution in [1.29, 1.82) is 0 Å². The first-order chi connectivity index (χ1) is 18.1. The number of H-pyrrole nitrogens is 1. The van der Waals surface area contributed by atoms with Crippen molar-refractivity contribution < 1.29 is 5.11 Å². The molecule has 4 aromatic carbocycles. The Labute approximate surface area is 222 Å². The molecule has 0 unspecified atom stereocenters. The second kappa shape index (κ2) is 9.74. The molecule has 0 atom stereocenters. The predicted octanol–water partition coefficient (Wildman–Crippen LogP) is 6.71. The van der Waals surface area contributed by atoms with Crippen molar-refractivity contribution in [1.82, 2.24) is 30.4 Å². The Bertz CT molecular complexity index is 1630. The summed E-state index contributed by atoms with van der Waals surface area (Å²) in [5.74, 6) is 0.215. The van der Waals surface area contributed by atoms with E-state index < -0.39 is 0 Å². The van der Waals surface area contributed by atoms with Crippen LogP contribution in [0.5, 0.6) is 5.75 Å². The Morgan fingerprint density at radius 1 is 0.632 bits per heavy atom. The van der Waals surface area contributed by atoms with Crippen LogP contribution in [0.3, 0.4) is 0 Å². The van der Waals surface area contributed by atoms with Crippen molar-refractivity contribution >= 4 is 22.1 Å². The van der Waals surface area contributed by atoms with E-state index in [1.807, 2.05) is 72.8 Å². The molecule has 6 rings (SSSR count). The van der Waals surface area contributed by atoms with E-state index >= 15 is 0 Å². The number of para-hydroxylation sites is 2. The Balaban J connectivity index is 0.000000273. The van der Waals surface area contributed by atoms with Crippen LogP contribution < -0.4 is 0 Å². The molecule has 7 heteroatoms. The first kappa shape index (κ1) is 25.1. The molecule has 192 valence electrons. The minimum Gasteiger partial charge on any atom is -0.505 e. The topological polar surface area (TPSA) is 92.5 Å². The molecular formula is C31H32N6O. The van der Waals surface area contributed by atoms with Crippen molar-refractivity contribution in [2.24, 2.45) is 0 Å². The van der Waals surface area contributed by atoms with Crippen LogP contribution in [0.4, 0.5) is 0 Å². The predicted molar refractivity (Wildman–Crippen MR) is 152 cm³/mol. The van der Waals surface area contributed by atoms with Gasteiger partial charge in [-0.15, -0.1) is 15.0 Å². The lowest BCUT2D eigenvalue weighted by Crippen LogP contribution is -2.22. The van der Waals surface area contributed by atoms with Gasteiger partial charge < -0.3 is 5.11 Å². The number of aromatic nitrogens is 6. The maximum absolute atomic E-state index is 11.4. The summed E-state index contributed by atoms with van der Waals surface area (Å²) in [6.45, 7) is 10.8. The van der Waals surface area contributed by atoms with Crippen LogP contribution in [0.25, 0.3) is 27.8 Å². The molecule has 0 aliphatic heterocycles. The summed E-state index contributed by atoms with van der Waals surface area (Å²) in [6.07, 6.45) is 0. The Hall–Kier alpha value is -4.52. The van der Waals surface area contributed by atoms with Gasteiger partial charge in [0.2, 0.25) is 0 Å². The standard InChI is InChI=1S/C25H27N3O.C6H5N3/c1-24(2,3)18-15-19(25(4,5)17-11-7-6-8-12-17)23(29)22(16-18)28-26-20-13-9-10-14-21(20)27-28;1-2-4-6-5(3-1)7-9-8-6/h6-16,29H,1-5H3;1-4H,(H,7,8,9). The molecule has 0 aliphatic carbocycles. The zero-order valence-electron chi connectivity index (χ0n) is 22.3. The molecule has 2 N–H and O–H groups in total. The van der Waals surface area contributed by atoms with Gasteiger partial charge in [-0.1, -0.05) is 95.3 Å². The number of rotatable bonds is 3. The molecule has 7 nitrogen and oxygen atoms in total. The Morgan fingerprint density at radius 3 is 1.66 bits per heavy atom. The lowest BCUT2D eigenvalue weighted by molar-refractivity contribution is 0.444. The number of nitrogens with one attached hydrogen (secondary N) is 1. The van der Waals surface area contributed by atoms with Gasteiger partial charge in [0.1, 0.15) is 33.5 Å². The number of hydrogen-bond donors (Lipinski definition) is 2. The fraction of sp³-hybridized carbons (Fsp3) is 0.226. The number of benzene rings is 4. The summed E-state index contributed by atoms with van der Waals surface area (Å²) in [6, 6.07) is 29.8. The summed E-state index contributed by atoms with van der Waals surface area (Å²) >= 11 is 0. The maximum Gasteiger partial charge on any atom is 0.147 e. The van der Waals surface area contributed by atoms with Gasteiger partial charge in [-0.05, 0) is 46.9 Å². The van der Waals surface area contributed by atoms with Crippen LogP contribution in [0.1, 0.15) is 51.3 Å². The molecule has 0 radical (unpaired) electrons. The Kier molecular flexibility index (Phi) is 6.45. The monoisotopic (exact) mass is 504 g/mol. The van der Waals surface area contributed by atoms with Gasteiger partial charge in [-0.25, -0.2) is 0 Å². The van der Waals surface area contributed by atoms with E-state index in [0.717, 1.165) is 38.8 Å². The number of fused-ring (bicyclic) bond motifs is 2. The number of phenolic OH excluding ortho intramolecular Hbond substituents is 1. The minimum atomic E-state index is -0.381. The highest BCUT2D eigenvalue weighted by Crippen LogP contribution is 2.42. The van der Waals surface area contributed by atoms with E-state index in [1.165, 1.54) is 0 Å². The average molecular weight is 505 g/mol. The van der Waals surface area contributed by atoms with Gasteiger partial charge in [0.15, 0.2) is 0 Å². The second-order valence-electron chi connectivity index (χ2n) is 10.9. The van der Waals surface area contributed by atoms with Gasteiger partial charge in [0.05, 0.1) is 0 Å². The van der Waals surface area contributed by atoms with Crippen LogP contribution in [0.2, 0.25) is 0 Å². The molecule has 2 aromatic heterocycles. The third-order valence-corrected chi connectivity index (χ3v) is 6.85. The van der Waals surface area contributed by atoms with E-state index in [2.05, 4.69) is 78.4 Å². The van der Waals surface area contributed by atoms with Crippen molar-refractivity contribution in [2.45, 2.75) is 45.4 Å². The molecule has 0 spiro atoms. The highest BCUT2D eigenvalue weighted by molar-refractivity contribution is 5.74. The lowest BCUT2D eigenvalue weighted by Gasteiger charge is -2.30. The van der Waals surface area contributed by atoms with E-state index in [4.69, 9.17) is 0 Å². The fourth-order valence-corrected chi connectivity index (χ4v) is 4.44. The molecular weight excluding hydrogens is 472 g/mol. The molecule has 0 saturated heterocycles. The molecule has 0 aliphatic rings. The summed E-state index contributed by atoms with van der Waals surface area (Å²) < 4.78 is 0. The van der Waals surface area contributed by atoms with Gasteiger partial charge in [0, 0.05) is 11.0 Å². The number of aromatic amines is 1. The van der Waals surface area contributed by atoms with Crippen LogP contribution >= 0.6 is 0 Å². The molecule has 2 heterocycles. The number of nitrogens with zero attached hydrogens (tertiary/aromatic N) is 5. The Morgan fingerprint density at radius 2 is 1.13 bits per heavy atom. The molecule has 38 heavy (non-hydrogen) atoms. The molecule has 6 aromatic rings. The maximum atomic E-state index is 11.4. The zero-order chi connectivity index (χ0) is 26.9. The number of hydrogen-bond acceptors (Lipinski definition) is 5. The first-order valence-corrected chi connectivity index (χ1v) is 12.7. The number of phenols is 1. The lowest BCUT2D eigenvalue weighted by atomic mass is 9.75. The van der Waals surface area contributed by atoms with Gasteiger partial charge >= 0.3 is 0 Å². The molecule has 0 saturated carbocycles. The highest BCUT2D eigenvalue weighted by atomic mass is 16.3. The molecule has 0 bridgehead atoms. The van der Waals surface area contributed by atoms with E-state index in [0.29, 0.717) is 5.69 Å². The smallest absolute Gasteiger partial charge is 0.147 e. The third-order valence-electron chi connectivity index (χ3n) is 6.85. The van der Waals surface area contributed by atoms with Crippen molar-refractivity contribution in [3.63, 3.8) is 0 Å². The van der Waals surface area contributed by atoms with E-state index in [-0.39, 0.29) is 16.6 Å². The quantitative estimate of drug-likeness (QED) is 0.279. The van der Waals surface area contributed by atoms with Gasteiger partial charge in [0.25, 0.3) is 0 Å². The van der Waals surface area contributed by atoms with Crippen LogP contribution in [-0.4, -0.2) is 35.5 Å². The van der Waals surface area contributed by atoms with Crippen LogP contribution in [0, 0.1) is 0 Å². The second-order valence-corrected chi connectivity index (χ2v) is 10.9. The zero-order valence-corrected chi connectivity index (χ0v) is 22.3. The van der Waals surface area contributed by atoms with Crippen molar-refractivity contribution in [3.8, 4) is 11.4 Å². The highest BCUT2D eigenvalue weighted by Gasteiger charge is 2.30. The summed E-state index contributed by atoms with van der Waals surface area (Å²) in [5, 5.41) is 30.9. The molecule has 0 amide bonds. The number of aromatic hydroxyl groups is 1. The average Bonchev–Trinajstić information content (AvgIpc) is 3.56. The fourth-order valence-electron chi connectivity index (χ4n) is 4.44. The molecule has 0 fully saturated rings. The largest absolute Gasteiger partial charge is 0.505 e. The first-order valence-electron chi connectivity index (χ1n) is 12.7. The van der Waals surface area contributed by atoms with E-state index in [9.17, 15) is 5.11 Å². The summed E-state index contributed by atoms with van der Waals surface area (Å²) in [4.78, 5) is 1.56. The summed E-state index contributed by atoms with van der Waals surface area (Å²) in [5.41, 5.74) is 6.71. The normalized spacial score (nSPS) is 11.9. The van der Waals surface area contributed by atoms with Crippen molar-refractivity contribution in [2.75, 3.05) is 0 Å². The van der Waals surface area contributed by atoms with Crippen molar-refractivity contribution in [3.05, 3.63) is 108 Å². The van der Waals surface area contributed by atoms with E-state index in [1.54, 1.807) is 4.80 Å². The van der Waals surface area contributed by atoms with Gasteiger partial charge in [-0.2, -0.15) is 15.4 Å². The SMILES string of the molecule is CC(C)(C)c1cc(-n2nc3ccccc3n2)c(O)c(C(C)(C)c2ccccc2)c1.c1ccc2n[nH]nc2c1. The van der Waals surface area contributed by atoms with Gasteiger partial charge in [-0.3, -0.25) is 0 Å². The van der Waals surface area contributed by atoms with Crippen LogP contribution in [0.15, 0.2) is 91.0 Å². The minimum absolute atomic E-state index is 0.0868. The summed E-state index contributed by atoms with van der Waals surface area (Å²) in [7, 11) is 0. The third kappa shape index (κ3) is 4.87. The van der Waals surface area contributed by atoms with Crippen LogP contribution in [-0.2, 0) is 10.8 Å².